The molecule has 0 unspecified atom stereocenters. The van der Waals surface area contributed by atoms with Gasteiger partial charge in [0.25, 0.3) is 5.91 Å². The molecule has 5 nitrogen and oxygen atoms in total. The quantitative estimate of drug-likeness (QED) is 0.809. The van der Waals surface area contributed by atoms with Crippen molar-refractivity contribution in [2.24, 2.45) is 0 Å². The van der Waals surface area contributed by atoms with E-state index in [4.69, 9.17) is 9.47 Å². The van der Waals surface area contributed by atoms with Crippen molar-refractivity contribution in [2.75, 3.05) is 13.2 Å². The van der Waals surface area contributed by atoms with Crippen LogP contribution in [0, 0.1) is 0 Å². The molecular formula is C13H16BrNO4. The van der Waals surface area contributed by atoms with E-state index >= 15 is 0 Å². The molecule has 19 heavy (non-hydrogen) atoms. The highest BCUT2D eigenvalue weighted by Crippen LogP contribution is 2.17. The van der Waals surface area contributed by atoms with Crippen LogP contribution in [-0.2, 0) is 14.3 Å². The van der Waals surface area contributed by atoms with Gasteiger partial charge < -0.3 is 14.8 Å². The van der Waals surface area contributed by atoms with E-state index in [1.54, 1.807) is 25.1 Å². The van der Waals surface area contributed by atoms with Gasteiger partial charge in [0, 0.05) is 11.0 Å². The molecule has 0 saturated carbocycles. The molecule has 0 radical (unpaired) electrons. The maximum absolute atomic E-state index is 11.5. The Kier molecular flexibility index (Phi) is 6.35. The molecule has 6 heteroatoms. The van der Waals surface area contributed by atoms with Crippen LogP contribution in [0.2, 0.25) is 0 Å². The topological polar surface area (TPSA) is 64.6 Å². The lowest BCUT2D eigenvalue weighted by atomic mass is 10.3. The molecule has 1 N–H and O–H groups in total. The fraction of sp³-hybridized carbons (Fsp3) is 0.385. The summed E-state index contributed by atoms with van der Waals surface area (Å²) in [6.07, 6.45) is -0.821. The van der Waals surface area contributed by atoms with Gasteiger partial charge in [0.2, 0.25) is 0 Å². The van der Waals surface area contributed by atoms with Crippen molar-refractivity contribution < 1.29 is 19.1 Å². The van der Waals surface area contributed by atoms with Crippen LogP contribution in [0.4, 0.5) is 0 Å². The third-order valence-corrected chi connectivity index (χ3v) is 2.67. The summed E-state index contributed by atoms with van der Waals surface area (Å²) in [5, 5.41) is 2.57. The molecule has 0 spiro atoms. The van der Waals surface area contributed by atoms with Gasteiger partial charge in [0.1, 0.15) is 5.75 Å². The van der Waals surface area contributed by atoms with Gasteiger partial charge in [-0.1, -0.05) is 22.0 Å². The number of ether oxygens (including phenoxy) is 2. The fourth-order valence-corrected chi connectivity index (χ4v) is 1.68. The number of benzene rings is 1. The molecule has 1 aromatic rings. The van der Waals surface area contributed by atoms with Crippen LogP contribution in [0.5, 0.6) is 5.75 Å². The van der Waals surface area contributed by atoms with Gasteiger partial charge in [-0.25, -0.2) is 4.79 Å². The number of hydrogen-bond donors (Lipinski definition) is 1. The zero-order chi connectivity index (χ0) is 14.3. The number of esters is 1. The van der Waals surface area contributed by atoms with Crippen LogP contribution in [0.15, 0.2) is 28.7 Å². The summed E-state index contributed by atoms with van der Waals surface area (Å²) in [7, 11) is 0. The Labute approximate surface area is 120 Å². The predicted molar refractivity (Wildman–Crippen MR) is 73.9 cm³/mol. The first-order valence-corrected chi connectivity index (χ1v) is 6.67. The average molecular weight is 330 g/mol. The van der Waals surface area contributed by atoms with Crippen molar-refractivity contribution in [3.8, 4) is 5.75 Å². The molecule has 104 valence electrons. The number of carbonyl (C=O) groups is 2. The number of halogens is 1. The molecule has 1 rings (SSSR count). The smallest absolute Gasteiger partial charge is 0.344 e. The molecule has 0 aliphatic carbocycles. The average Bonchev–Trinajstić information content (AvgIpc) is 2.36. The van der Waals surface area contributed by atoms with Crippen molar-refractivity contribution in [3.05, 3.63) is 28.7 Å². The molecule has 1 amide bonds. The Morgan fingerprint density at radius 2 is 2.16 bits per heavy atom. The third-order valence-electron chi connectivity index (χ3n) is 2.18. The lowest BCUT2D eigenvalue weighted by molar-refractivity contribution is -0.156. The minimum absolute atomic E-state index is 0.236. The summed E-state index contributed by atoms with van der Waals surface area (Å²) < 4.78 is 11.0. The van der Waals surface area contributed by atoms with Crippen molar-refractivity contribution in [1.82, 2.24) is 5.32 Å². The molecule has 1 atom stereocenters. The molecule has 0 saturated heterocycles. The molecule has 1 aromatic carbocycles. The van der Waals surface area contributed by atoms with E-state index in [-0.39, 0.29) is 12.5 Å². The van der Waals surface area contributed by atoms with Crippen molar-refractivity contribution in [3.63, 3.8) is 0 Å². The molecule has 0 bridgehead atoms. The van der Waals surface area contributed by atoms with Gasteiger partial charge >= 0.3 is 5.97 Å². The number of hydrogen-bond acceptors (Lipinski definition) is 4. The fourth-order valence-electron chi connectivity index (χ4n) is 1.30. The van der Waals surface area contributed by atoms with Crippen LogP contribution >= 0.6 is 15.9 Å². The van der Waals surface area contributed by atoms with Crippen molar-refractivity contribution >= 4 is 27.8 Å². The Balaban J connectivity index is 2.37. The number of nitrogens with one attached hydrogen (secondary N) is 1. The number of carbonyl (C=O) groups excluding carboxylic acids is 2. The molecule has 0 fully saturated rings. The Morgan fingerprint density at radius 1 is 1.42 bits per heavy atom. The van der Waals surface area contributed by atoms with Crippen molar-refractivity contribution in [1.29, 1.82) is 0 Å². The minimum Gasteiger partial charge on any atom is -0.482 e. The lowest BCUT2D eigenvalue weighted by Crippen LogP contribution is -2.36. The Morgan fingerprint density at radius 3 is 2.79 bits per heavy atom. The summed E-state index contributed by atoms with van der Waals surface area (Å²) >= 11 is 3.30. The van der Waals surface area contributed by atoms with E-state index in [1.165, 1.54) is 6.92 Å². The highest BCUT2D eigenvalue weighted by atomic mass is 79.9. The zero-order valence-electron chi connectivity index (χ0n) is 10.8. The second-order valence-corrected chi connectivity index (χ2v) is 4.69. The van der Waals surface area contributed by atoms with E-state index in [2.05, 4.69) is 21.2 Å². The summed E-state index contributed by atoms with van der Waals surface area (Å²) in [4.78, 5) is 22.8. The number of likely N-dealkylation sites (N-methyl/N-ethyl adjacent to an activating group) is 1. The zero-order valence-corrected chi connectivity index (χ0v) is 12.4. The maximum Gasteiger partial charge on any atom is 0.344 e. The summed E-state index contributed by atoms with van der Waals surface area (Å²) in [6.45, 7) is 3.57. The molecule has 0 aromatic heterocycles. The highest BCUT2D eigenvalue weighted by Gasteiger charge is 2.17. The normalized spacial score (nSPS) is 11.5. The second kappa shape index (κ2) is 7.78. The van der Waals surface area contributed by atoms with Gasteiger partial charge in [0.15, 0.2) is 12.7 Å². The summed E-state index contributed by atoms with van der Waals surface area (Å²) in [5.74, 6) is -0.353. The molecule has 0 aliphatic rings. The van der Waals surface area contributed by atoms with Crippen molar-refractivity contribution in [2.45, 2.75) is 20.0 Å². The third kappa shape index (κ3) is 5.74. The first-order valence-electron chi connectivity index (χ1n) is 5.88. The molecular weight excluding hydrogens is 314 g/mol. The van der Waals surface area contributed by atoms with Gasteiger partial charge in [0.05, 0.1) is 0 Å². The second-order valence-electron chi connectivity index (χ2n) is 3.77. The Hall–Kier alpha value is -1.56. The van der Waals surface area contributed by atoms with Crippen LogP contribution < -0.4 is 10.1 Å². The number of rotatable bonds is 6. The van der Waals surface area contributed by atoms with Gasteiger partial charge in [-0.15, -0.1) is 0 Å². The highest BCUT2D eigenvalue weighted by molar-refractivity contribution is 9.10. The largest absolute Gasteiger partial charge is 0.482 e. The van der Waals surface area contributed by atoms with Gasteiger partial charge in [-0.2, -0.15) is 0 Å². The molecule has 0 heterocycles. The molecule has 0 aliphatic heterocycles. The number of amides is 1. The predicted octanol–water partition coefficient (Wildman–Crippen LogP) is 1.90. The lowest BCUT2D eigenvalue weighted by Gasteiger charge is -2.13. The first-order chi connectivity index (χ1) is 9.02. The standard InChI is InChI=1S/C13H16BrNO4/c1-3-15-13(17)9(2)19-12(16)8-18-11-6-4-5-10(14)7-11/h4-7,9H,3,8H2,1-2H3,(H,15,17)/t9-/m0/s1. The van der Waals surface area contributed by atoms with Gasteiger partial charge in [-0.3, -0.25) is 4.79 Å². The van der Waals surface area contributed by atoms with E-state index in [9.17, 15) is 9.59 Å². The van der Waals surface area contributed by atoms with Gasteiger partial charge in [-0.05, 0) is 32.0 Å². The van der Waals surface area contributed by atoms with E-state index in [1.807, 2.05) is 6.07 Å². The Bertz CT molecular complexity index is 450. The van der Waals surface area contributed by atoms with E-state index in [0.29, 0.717) is 12.3 Å². The summed E-state index contributed by atoms with van der Waals surface area (Å²) in [5.41, 5.74) is 0. The first kappa shape index (κ1) is 15.5. The minimum atomic E-state index is -0.821. The monoisotopic (exact) mass is 329 g/mol. The van der Waals surface area contributed by atoms with Crippen LogP contribution in [0.25, 0.3) is 0 Å². The van der Waals surface area contributed by atoms with Crippen LogP contribution in [0.1, 0.15) is 13.8 Å². The summed E-state index contributed by atoms with van der Waals surface area (Å²) in [6, 6.07) is 7.11. The van der Waals surface area contributed by atoms with E-state index in [0.717, 1.165) is 4.47 Å². The van der Waals surface area contributed by atoms with Crippen LogP contribution in [0.3, 0.4) is 0 Å². The maximum atomic E-state index is 11.5. The van der Waals surface area contributed by atoms with Crippen LogP contribution in [-0.4, -0.2) is 31.1 Å². The SMILES string of the molecule is CCNC(=O)[C@H](C)OC(=O)COc1cccc(Br)c1. The van der Waals surface area contributed by atoms with E-state index < -0.39 is 12.1 Å².